The van der Waals surface area contributed by atoms with Crippen LogP contribution in [0.2, 0.25) is 0 Å². The number of H-pyrrole nitrogens is 1. The minimum absolute atomic E-state index is 0.0316. The van der Waals surface area contributed by atoms with Crippen LogP contribution in [0.4, 0.5) is 0 Å². The highest BCUT2D eigenvalue weighted by Gasteiger charge is 2.22. The molecule has 0 unspecified atom stereocenters. The molecule has 6 nitrogen and oxygen atoms in total. The maximum Gasteiger partial charge on any atom is 0.255 e. The summed E-state index contributed by atoms with van der Waals surface area (Å²) in [5, 5.41) is 4.40. The van der Waals surface area contributed by atoms with Crippen molar-refractivity contribution in [2.24, 2.45) is 0 Å². The maximum absolute atomic E-state index is 12.3. The molecule has 0 aromatic carbocycles. The van der Waals surface area contributed by atoms with Gasteiger partial charge in [-0.15, -0.1) is 0 Å². The summed E-state index contributed by atoms with van der Waals surface area (Å²) >= 11 is 0. The SMILES string of the molecule is CCCc1nc2c(c(=O)[nH]1)CN(Cc1cnn(CC)c1C)CC2. The molecule has 0 atom stereocenters. The topological polar surface area (TPSA) is 66.8 Å². The number of aromatic amines is 1. The molecule has 3 rings (SSSR count). The van der Waals surface area contributed by atoms with Crippen LogP contribution in [0.25, 0.3) is 0 Å². The Morgan fingerprint density at radius 2 is 2.17 bits per heavy atom. The van der Waals surface area contributed by atoms with Gasteiger partial charge in [-0.2, -0.15) is 5.10 Å². The molecule has 0 aliphatic carbocycles. The van der Waals surface area contributed by atoms with Crippen LogP contribution in [0, 0.1) is 6.92 Å². The van der Waals surface area contributed by atoms with Gasteiger partial charge in [0.15, 0.2) is 0 Å². The zero-order valence-electron chi connectivity index (χ0n) is 14.2. The largest absolute Gasteiger partial charge is 0.310 e. The molecule has 2 aromatic heterocycles. The minimum atomic E-state index is 0.0316. The second kappa shape index (κ2) is 6.66. The van der Waals surface area contributed by atoms with Crippen molar-refractivity contribution in [2.75, 3.05) is 6.54 Å². The summed E-state index contributed by atoms with van der Waals surface area (Å²) in [6.45, 7) is 9.63. The van der Waals surface area contributed by atoms with Crippen LogP contribution < -0.4 is 5.56 Å². The number of nitrogens with zero attached hydrogens (tertiary/aromatic N) is 4. The number of aryl methyl sites for hydroxylation is 2. The fourth-order valence-corrected chi connectivity index (χ4v) is 3.22. The van der Waals surface area contributed by atoms with Crippen LogP contribution >= 0.6 is 0 Å². The van der Waals surface area contributed by atoms with Crippen molar-refractivity contribution in [3.05, 3.63) is 44.9 Å². The fraction of sp³-hybridized carbons (Fsp3) is 0.588. The molecule has 0 saturated heterocycles. The van der Waals surface area contributed by atoms with Gasteiger partial charge < -0.3 is 4.98 Å². The summed E-state index contributed by atoms with van der Waals surface area (Å²) in [5.74, 6) is 0.824. The number of hydrogen-bond acceptors (Lipinski definition) is 4. The number of rotatable bonds is 5. The van der Waals surface area contributed by atoms with Crippen LogP contribution in [-0.2, 0) is 32.5 Å². The van der Waals surface area contributed by atoms with E-state index in [-0.39, 0.29) is 5.56 Å². The normalized spacial score (nSPS) is 14.9. The Kier molecular flexibility index (Phi) is 4.61. The molecule has 0 bridgehead atoms. The predicted molar refractivity (Wildman–Crippen MR) is 89.3 cm³/mol. The van der Waals surface area contributed by atoms with Gasteiger partial charge in [0.1, 0.15) is 5.82 Å². The van der Waals surface area contributed by atoms with E-state index in [1.807, 2.05) is 10.9 Å². The van der Waals surface area contributed by atoms with Crippen LogP contribution in [0.1, 0.15) is 48.6 Å². The van der Waals surface area contributed by atoms with E-state index in [1.165, 1.54) is 11.3 Å². The highest BCUT2D eigenvalue weighted by molar-refractivity contribution is 5.22. The van der Waals surface area contributed by atoms with Gasteiger partial charge in [0.25, 0.3) is 5.56 Å². The van der Waals surface area contributed by atoms with Crippen molar-refractivity contribution in [2.45, 2.75) is 59.7 Å². The third-order valence-electron chi connectivity index (χ3n) is 4.58. The molecule has 1 N–H and O–H groups in total. The van der Waals surface area contributed by atoms with Crippen LogP contribution in [0.3, 0.4) is 0 Å². The fourth-order valence-electron chi connectivity index (χ4n) is 3.22. The maximum atomic E-state index is 12.3. The molecule has 1 aliphatic heterocycles. The number of aromatic nitrogens is 4. The van der Waals surface area contributed by atoms with E-state index >= 15 is 0 Å². The molecule has 1 aliphatic rings. The van der Waals surface area contributed by atoms with Gasteiger partial charge in [-0.1, -0.05) is 6.92 Å². The molecule has 0 saturated carbocycles. The third-order valence-corrected chi connectivity index (χ3v) is 4.58. The molecule has 6 heteroatoms. The predicted octanol–water partition coefficient (Wildman–Crippen LogP) is 1.81. The quantitative estimate of drug-likeness (QED) is 0.914. The zero-order chi connectivity index (χ0) is 16.4. The molecule has 0 spiro atoms. The van der Waals surface area contributed by atoms with Gasteiger partial charge in [0.2, 0.25) is 0 Å². The molecular weight excluding hydrogens is 290 g/mol. The summed E-state index contributed by atoms with van der Waals surface area (Å²) in [6.07, 6.45) is 4.62. The van der Waals surface area contributed by atoms with Crippen molar-refractivity contribution < 1.29 is 0 Å². The summed E-state index contributed by atoms with van der Waals surface area (Å²) in [4.78, 5) is 22.2. The average Bonchev–Trinajstić information content (AvgIpc) is 2.88. The molecule has 0 fully saturated rings. The Morgan fingerprint density at radius 3 is 2.87 bits per heavy atom. The van der Waals surface area contributed by atoms with Gasteiger partial charge in [-0.25, -0.2) is 4.98 Å². The van der Waals surface area contributed by atoms with Crippen molar-refractivity contribution in [1.82, 2.24) is 24.6 Å². The molecule has 0 radical (unpaired) electrons. The standard InChI is InChI=1S/C17H25N5O/c1-4-6-16-19-15-7-8-21(11-14(15)17(23)20-16)10-13-9-18-22(5-2)12(13)3/h9H,4-8,10-11H2,1-3H3,(H,19,20,23). The van der Waals surface area contributed by atoms with E-state index in [1.54, 1.807) is 0 Å². The van der Waals surface area contributed by atoms with Gasteiger partial charge >= 0.3 is 0 Å². The Labute approximate surface area is 136 Å². The first-order chi connectivity index (χ1) is 11.1. The highest BCUT2D eigenvalue weighted by atomic mass is 16.1. The second-order valence-corrected chi connectivity index (χ2v) is 6.22. The first-order valence-corrected chi connectivity index (χ1v) is 8.47. The molecule has 124 valence electrons. The van der Waals surface area contributed by atoms with Crippen molar-refractivity contribution in [3.8, 4) is 0 Å². The first-order valence-electron chi connectivity index (χ1n) is 8.47. The van der Waals surface area contributed by atoms with Gasteiger partial charge in [-0.3, -0.25) is 14.4 Å². The molecule has 3 heterocycles. The van der Waals surface area contributed by atoms with E-state index < -0.39 is 0 Å². The highest BCUT2D eigenvalue weighted by Crippen LogP contribution is 2.18. The van der Waals surface area contributed by atoms with Crippen LogP contribution in [-0.4, -0.2) is 31.2 Å². The third kappa shape index (κ3) is 3.22. The lowest BCUT2D eigenvalue weighted by Crippen LogP contribution is -2.35. The summed E-state index contributed by atoms with van der Waals surface area (Å²) in [6, 6.07) is 0. The number of fused-ring (bicyclic) bond motifs is 1. The lowest BCUT2D eigenvalue weighted by molar-refractivity contribution is 0.241. The molecule has 0 amide bonds. The second-order valence-electron chi connectivity index (χ2n) is 6.22. The number of hydrogen-bond donors (Lipinski definition) is 1. The Balaban J connectivity index is 1.77. The Hall–Kier alpha value is -1.95. The smallest absolute Gasteiger partial charge is 0.255 e. The monoisotopic (exact) mass is 315 g/mol. The van der Waals surface area contributed by atoms with Crippen molar-refractivity contribution in [1.29, 1.82) is 0 Å². The van der Waals surface area contributed by atoms with Crippen LogP contribution in [0.5, 0.6) is 0 Å². The van der Waals surface area contributed by atoms with Crippen molar-refractivity contribution >= 4 is 0 Å². The van der Waals surface area contributed by atoms with E-state index in [2.05, 4.69) is 40.7 Å². The number of nitrogens with one attached hydrogen (secondary N) is 1. The Morgan fingerprint density at radius 1 is 1.35 bits per heavy atom. The minimum Gasteiger partial charge on any atom is -0.310 e. The van der Waals surface area contributed by atoms with Gasteiger partial charge in [0, 0.05) is 50.3 Å². The van der Waals surface area contributed by atoms with Crippen LogP contribution in [0.15, 0.2) is 11.0 Å². The summed E-state index contributed by atoms with van der Waals surface area (Å²) < 4.78 is 2.01. The molecular formula is C17H25N5O. The zero-order valence-corrected chi connectivity index (χ0v) is 14.2. The first kappa shape index (κ1) is 15.9. The molecule has 23 heavy (non-hydrogen) atoms. The lowest BCUT2D eigenvalue weighted by atomic mass is 10.1. The summed E-state index contributed by atoms with van der Waals surface area (Å²) in [5.41, 5.74) is 4.29. The van der Waals surface area contributed by atoms with E-state index in [0.717, 1.165) is 56.0 Å². The van der Waals surface area contributed by atoms with E-state index in [0.29, 0.717) is 6.54 Å². The van der Waals surface area contributed by atoms with Gasteiger partial charge in [-0.05, 0) is 20.3 Å². The van der Waals surface area contributed by atoms with E-state index in [4.69, 9.17) is 0 Å². The average molecular weight is 315 g/mol. The Bertz CT molecular complexity index is 746. The van der Waals surface area contributed by atoms with Crippen molar-refractivity contribution in [3.63, 3.8) is 0 Å². The van der Waals surface area contributed by atoms with Gasteiger partial charge in [0.05, 0.1) is 17.5 Å². The lowest BCUT2D eigenvalue weighted by Gasteiger charge is -2.27. The van der Waals surface area contributed by atoms with E-state index in [9.17, 15) is 4.79 Å². The molecule has 2 aromatic rings. The summed E-state index contributed by atoms with van der Waals surface area (Å²) in [7, 11) is 0.